The van der Waals surface area contributed by atoms with E-state index >= 15 is 0 Å². The van der Waals surface area contributed by atoms with Crippen LogP contribution in [0.25, 0.3) is 11.8 Å². The zero-order chi connectivity index (χ0) is 15.8. The van der Waals surface area contributed by atoms with E-state index in [1.807, 2.05) is 53.4 Å². The smallest absolute Gasteiger partial charge is 0.197 e. The highest BCUT2D eigenvalue weighted by Crippen LogP contribution is 2.27. The molecule has 0 amide bonds. The van der Waals surface area contributed by atoms with E-state index in [1.54, 1.807) is 30.3 Å². The number of hydrogen-bond acceptors (Lipinski definition) is 2. The molecule has 3 heteroatoms. The Balaban J connectivity index is 1.71. The first-order valence-electron chi connectivity index (χ1n) is 7.37. The van der Waals surface area contributed by atoms with E-state index in [1.165, 1.54) is 0 Å². The molecule has 23 heavy (non-hydrogen) atoms. The van der Waals surface area contributed by atoms with Gasteiger partial charge in [0.05, 0.1) is 5.57 Å². The molecule has 0 saturated carbocycles. The van der Waals surface area contributed by atoms with Gasteiger partial charge in [0.25, 0.3) is 0 Å². The highest BCUT2D eigenvalue weighted by molar-refractivity contribution is 6.41. The van der Waals surface area contributed by atoms with Crippen molar-refractivity contribution in [1.82, 2.24) is 4.57 Å². The third kappa shape index (κ3) is 2.23. The summed E-state index contributed by atoms with van der Waals surface area (Å²) in [6.45, 7) is 0. The Kier molecular flexibility index (Phi) is 3.05. The number of carbonyl (C=O) groups is 2. The van der Waals surface area contributed by atoms with Crippen molar-refractivity contribution < 1.29 is 9.59 Å². The van der Waals surface area contributed by atoms with Crippen molar-refractivity contribution in [1.29, 1.82) is 0 Å². The van der Waals surface area contributed by atoms with Gasteiger partial charge in [-0.3, -0.25) is 9.59 Å². The molecule has 2 aromatic carbocycles. The van der Waals surface area contributed by atoms with Gasteiger partial charge in [-0.05, 0) is 29.8 Å². The molecule has 0 atom stereocenters. The van der Waals surface area contributed by atoms with Crippen LogP contribution in [0.1, 0.15) is 26.3 Å². The summed E-state index contributed by atoms with van der Waals surface area (Å²) in [5.41, 5.74) is 3.08. The molecule has 4 rings (SSSR count). The summed E-state index contributed by atoms with van der Waals surface area (Å²) >= 11 is 0. The second kappa shape index (κ2) is 5.21. The van der Waals surface area contributed by atoms with E-state index in [0.717, 1.165) is 11.3 Å². The number of Topliss-reactive ketones (excluding diaryl/α,β-unsaturated/α-hetero) is 2. The van der Waals surface area contributed by atoms with Crippen LogP contribution in [0, 0.1) is 0 Å². The molecule has 0 radical (unpaired) electrons. The number of ketones is 2. The molecule has 0 bridgehead atoms. The Bertz CT molecular complexity index is 912. The lowest BCUT2D eigenvalue weighted by Gasteiger charge is -2.00. The zero-order valence-electron chi connectivity index (χ0n) is 12.3. The number of benzene rings is 2. The topological polar surface area (TPSA) is 39.1 Å². The molecule has 0 aliphatic heterocycles. The highest BCUT2D eigenvalue weighted by Gasteiger charge is 2.32. The monoisotopic (exact) mass is 299 g/mol. The van der Waals surface area contributed by atoms with Gasteiger partial charge < -0.3 is 4.57 Å². The molecule has 0 unspecified atom stereocenters. The number of nitrogens with zero attached hydrogens (tertiary/aromatic N) is 1. The second-order valence-electron chi connectivity index (χ2n) is 5.45. The molecule has 1 aliphatic carbocycles. The van der Waals surface area contributed by atoms with Crippen LogP contribution < -0.4 is 0 Å². The number of fused-ring (bicyclic) bond motifs is 1. The largest absolute Gasteiger partial charge is 0.323 e. The Hall–Kier alpha value is -3.20. The van der Waals surface area contributed by atoms with Gasteiger partial charge in [0.15, 0.2) is 11.6 Å². The first-order valence-corrected chi connectivity index (χ1v) is 7.37. The molecular formula is C20H13NO2. The summed E-state index contributed by atoms with van der Waals surface area (Å²) in [5.74, 6) is -0.392. The molecule has 1 heterocycles. The van der Waals surface area contributed by atoms with E-state index in [9.17, 15) is 9.59 Å². The molecule has 1 aliphatic rings. The fraction of sp³-hybridized carbons (Fsp3) is 0. The minimum Gasteiger partial charge on any atom is -0.323 e. The third-order valence-corrected chi connectivity index (χ3v) is 3.99. The Morgan fingerprint density at radius 2 is 1.35 bits per heavy atom. The molecular weight excluding hydrogens is 286 g/mol. The van der Waals surface area contributed by atoms with Crippen molar-refractivity contribution in [3.05, 3.63) is 95.3 Å². The number of hydrogen-bond donors (Lipinski definition) is 0. The number of para-hydroxylation sites is 1. The van der Waals surface area contributed by atoms with Crippen molar-refractivity contribution in [3.8, 4) is 5.69 Å². The van der Waals surface area contributed by atoms with Crippen LogP contribution in [0.2, 0.25) is 0 Å². The number of aromatic nitrogens is 1. The average Bonchev–Trinajstić information content (AvgIpc) is 3.16. The maximum atomic E-state index is 12.4. The van der Waals surface area contributed by atoms with Gasteiger partial charge in [0, 0.05) is 29.2 Å². The SMILES string of the molecule is O=C1C(=Cc2ccn(-c3ccccc3)c2)C(=O)c2ccccc21. The van der Waals surface area contributed by atoms with Crippen LogP contribution >= 0.6 is 0 Å². The predicted octanol–water partition coefficient (Wildman–Crippen LogP) is 3.94. The first-order chi connectivity index (χ1) is 11.2. The normalized spacial score (nSPS) is 13.3. The minimum absolute atomic E-state index is 0.196. The van der Waals surface area contributed by atoms with Crippen LogP contribution in [0.4, 0.5) is 0 Å². The van der Waals surface area contributed by atoms with Gasteiger partial charge in [0.2, 0.25) is 0 Å². The minimum atomic E-state index is -0.196. The lowest BCUT2D eigenvalue weighted by atomic mass is 10.1. The van der Waals surface area contributed by atoms with Crippen molar-refractivity contribution >= 4 is 17.6 Å². The molecule has 0 fully saturated rings. The Morgan fingerprint density at radius 3 is 2.00 bits per heavy atom. The molecule has 0 spiro atoms. The second-order valence-corrected chi connectivity index (χ2v) is 5.45. The van der Waals surface area contributed by atoms with E-state index in [4.69, 9.17) is 0 Å². The maximum Gasteiger partial charge on any atom is 0.197 e. The number of carbonyl (C=O) groups excluding carboxylic acids is 2. The average molecular weight is 299 g/mol. The van der Waals surface area contributed by atoms with Gasteiger partial charge in [-0.25, -0.2) is 0 Å². The van der Waals surface area contributed by atoms with Crippen LogP contribution in [0.15, 0.2) is 78.6 Å². The summed E-state index contributed by atoms with van der Waals surface area (Å²) in [5, 5.41) is 0. The highest BCUT2D eigenvalue weighted by atomic mass is 16.2. The molecule has 3 nitrogen and oxygen atoms in total. The molecule has 1 aromatic heterocycles. The first kappa shape index (κ1) is 13.5. The van der Waals surface area contributed by atoms with Gasteiger partial charge in [-0.2, -0.15) is 0 Å². The van der Waals surface area contributed by atoms with Crippen molar-refractivity contribution in [2.75, 3.05) is 0 Å². The summed E-state index contributed by atoms with van der Waals surface area (Å²) in [7, 11) is 0. The number of allylic oxidation sites excluding steroid dienone is 1. The summed E-state index contributed by atoms with van der Waals surface area (Å²) in [6, 6.07) is 18.7. The van der Waals surface area contributed by atoms with Crippen LogP contribution in [-0.2, 0) is 0 Å². The molecule has 3 aromatic rings. The summed E-state index contributed by atoms with van der Waals surface area (Å²) in [6.07, 6.45) is 5.49. The van der Waals surface area contributed by atoms with Crippen LogP contribution in [-0.4, -0.2) is 16.1 Å². The third-order valence-electron chi connectivity index (χ3n) is 3.99. The molecule has 110 valence electrons. The maximum absolute atomic E-state index is 12.4. The fourth-order valence-corrected chi connectivity index (χ4v) is 2.83. The van der Waals surface area contributed by atoms with Crippen molar-refractivity contribution in [3.63, 3.8) is 0 Å². The fourth-order valence-electron chi connectivity index (χ4n) is 2.83. The van der Waals surface area contributed by atoms with Gasteiger partial charge in [0.1, 0.15) is 0 Å². The molecule has 0 saturated heterocycles. The zero-order valence-corrected chi connectivity index (χ0v) is 12.3. The number of rotatable bonds is 2. The van der Waals surface area contributed by atoms with Gasteiger partial charge in [-0.15, -0.1) is 0 Å². The standard InChI is InChI=1S/C20H13NO2/c22-19-16-8-4-5-9-17(16)20(23)18(19)12-14-10-11-21(13-14)15-6-2-1-3-7-15/h1-13H. The van der Waals surface area contributed by atoms with Crippen LogP contribution in [0.3, 0.4) is 0 Å². The lowest BCUT2D eigenvalue weighted by Crippen LogP contribution is -1.99. The van der Waals surface area contributed by atoms with Gasteiger partial charge in [-0.1, -0.05) is 42.5 Å². The van der Waals surface area contributed by atoms with Gasteiger partial charge >= 0.3 is 0 Å². The summed E-state index contributed by atoms with van der Waals surface area (Å²) in [4.78, 5) is 24.8. The predicted molar refractivity (Wildman–Crippen MR) is 88.8 cm³/mol. The molecule has 0 N–H and O–H groups in total. The van der Waals surface area contributed by atoms with E-state index in [0.29, 0.717) is 11.1 Å². The van der Waals surface area contributed by atoms with Crippen molar-refractivity contribution in [2.24, 2.45) is 0 Å². The lowest BCUT2D eigenvalue weighted by molar-refractivity contribution is 0.0990. The quantitative estimate of drug-likeness (QED) is 0.531. The van der Waals surface area contributed by atoms with Crippen LogP contribution in [0.5, 0.6) is 0 Å². The van der Waals surface area contributed by atoms with E-state index in [2.05, 4.69) is 0 Å². The van der Waals surface area contributed by atoms with Crippen molar-refractivity contribution in [2.45, 2.75) is 0 Å². The Morgan fingerprint density at radius 1 is 0.739 bits per heavy atom. The van der Waals surface area contributed by atoms with E-state index in [-0.39, 0.29) is 17.1 Å². The summed E-state index contributed by atoms with van der Waals surface area (Å²) < 4.78 is 1.96. The van der Waals surface area contributed by atoms with E-state index < -0.39 is 0 Å². The Labute approximate surface area is 133 Å².